The van der Waals surface area contributed by atoms with Gasteiger partial charge in [-0.05, 0) is 236 Å². The van der Waals surface area contributed by atoms with E-state index in [4.69, 9.17) is 57.0 Å². The average Bonchev–Trinajstić information content (AvgIpc) is 1.67. The number of hydrogen-bond acceptors (Lipinski definition) is 24. The number of aromatic hydroxyl groups is 1. The molecule has 0 spiro atoms. The minimum absolute atomic E-state index is 0.119. The number of benzene rings is 4. The van der Waals surface area contributed by atoms with E-state index in [0.717, 1.165) is 50.4 Å². The maximum atomic E-state index is 12.4. The molecule has 692 valence electrons. The highest BCUT2D eigenvalue weighted by atomic mass is 127. The molecule has 34 heteroatoms. The molecule has 0 unspecified atom stereocenters. The van der Waals surface area contributed by atoms with Crippen LogP contribution in [-0.4, -0.2) is 265 Å². The second kappa shape index (κ2) is 52.2. The van der Waals surface area contributed by atoms with E-state index in [1.165, 1.54) is 56.4 Å². The lowest BCUT2D eigenvalue weighted by atomic mass is 9.98. The van der Waals surface area contributed by atoms with E-state index in [1.807, 2.05) is 183 Å². The Balaban J connectivity index is 0.000000270. The number of anilines is 1. The zero-order valence-corrected chi connectivity index (χ0v) is 80.7. The molecule has 3 N–H and O–H groups in total. The van der Waals surface area contributed by atoms with E-state index < -0.39 is 11.2 Å². The number of carbonyl (C=O) groups is 7. The van der Waals surface area contributed by atoms with Crippen LogP contribution in [0.25, 0.3) is 0 Å². The number of rotatable bonds is 8. The summed E-state index contributed by atoms with van der Waals surface area (Å²) in [5.74, 6) is 4.70. The molecule has 0 aliphatic carbocycles. The van der Waals surface area contributed by atoms with Crippen LogP contribution in [-0.2, 0) is 14.2 Å². The predicted octanol–water partition coefficient (Wildman–Crippen LogP) is 16.9. The van der Waals surface area contributed by atoms with Gasteiger partial charge >= 0.3 is 42.6 Å². The van der Waals surface area contributed by atoms with Gasteiger partial charge in [0.25, 0.3) is 0 Å². The number of phenolic OH excluding ortho intramolecular Hbond substituents is 1. The third kappa shape index (κ3) is 37.8. The van der Waals surface area contributed by atoms with E-state index in [1.54, 1.807) is 71.0 Å². The van der Waals surface area contributed by atoms with Crippen LogP contribution in [0.15, 0.2) is 116 Å². The summed E-state index contributed by atoms with van der Waals surface area (Å²) >= 11 is 7.34. The lowest BCUT2D eigenvalue weighted by Crippen LogP contribution is -2.52. The number of nitriles is 2. The van der Waals surface area contributed by atoms with E-state index in [-0.39, 0.29) is 53.9 Å². The van der Waals surface area contributed by atoms with E-state index in [2.05, 4.69) is 98.3 Å². The summed E-state index contributed by atoms with van der Waals surface area (Å²) in [6.07, 6.45) is 2.81. The lowest BCUT2D eigenvalue weighted by molar-refractivity contribution is 0.0151. The number of ether oxygens (including phenoxy) is 6. The van der Waals surface area contributed by atoms with Crippen molar-refractivity contribution in [2.45, 2.75) is 186 Å². The van der Waals surface area contributed by atoms with Crippen LogP contribution in [0.2, 0.25) is 5.15 Å². The summed E-state index contributed by atoms with van der Waals surface area (Å²) in [5, 5.41) is 47.6. The van der Waals surface area contributed by atoms with Gasteiger partial charge in [-0.2, -0.15) is 10.5 Å². The average molecular weight is 1890 g/mol. The van der Waals surface area contributed by atoms with Gasteiger partial charge in [0, 0.05) is 145 Å². The van der Waals surface area contributed by atoms with Crippen molar-refractivity contribution >= 4 is 82.6 Å². The highest BCUT2D eigenvalue weighted by Crippen LogP contribution is 2.29. The molecule has 5 saturated heterocycles. The van der Waals surface area contributed by atoms with Gasteiger partial charge in [-0.15, -0.1) is 20.4 Å². The molecular weight excluding hydrogens is 1760 g/mol. The normalized spacial score (nSPS) is 14.6. The molecule has 0 radical (unpaired) electrons. The molecule has 0 saturated carbocycles. The third-order valence-corrected chi connectivity index (χ3v) is 19.9. The van der Waals surface area contributed by atoms with Gasteiger partial charge in [-0.3, -0.25) is 4.57 Å². The van der Waals surface area contributed by atoms with Crippen molar-refractivity contribution in [2.24, 2.45) is 0 Å². The minimum Gasteiger partial charge on any atom is -0.508 e. The summed E-state index contributed by atoms with van der Waals surface area (Å²) in [5.41, 5.74) is 8.84. The second-order valence-corrected chi connectivity index (χ2v) is 35.0. The monoisotopic (exact) mass is 1890 g/mol. The fraction of sp³-hybridized carbons (Fsp3) is 0.527. The maximum Gasteiger partial charge on any atom is 0.415 e. The first-order valence-electron chi connectivity index (χ1n) is 43.4. The van der Waals surface area contributed by atoms with Gasteiger partial charge in [0.05, 0.1) is 0 Å². The molecule has 4 aromatic carbocycles. The van der Waals surface area contributed by atoms with Crippen molar-refractivity contribution in [3.05, 3.63) is 177 Å². The summed E-state index contributed by atoms with van der Waals surface area (Å²) in [7, 11) is 0. The molecule has 0 atom stereocenters. The van der Waals surface area contributed by atoms with Crippen molar-refractivity contribution < 1.29 is 68.5 Å². The Labute approximate surface area is 770 Å². The Morgan fingerprint density at radius 3 is 1.03 bits per heavy atom. The molecule has 3 aromatic heterocycles. The SMILES string of the molecule is CC(C)(C)OC(=O)N1CCN(C(=O)n2ccnc2)CC1.CC(C)(C)OC(=O)N1CCNCC1.Cc1cc(O)ccc1C(C)C.Cc1cc(OC(=O)N2CCN(C(=O)OC(C)(C)C)CC2)ccc1C(C)C.Cc1cc(OC(=O)N2CCN(c3ccc(C#N)nn3)CC2)ccc1C(C)C.Cc1cc(OC(=O)N2CCNCC2)ccc1C(C)C.N#Cc1ccc(Cl)nn1.[2H]CI. The molecule has 32 nitrogen and oxygen atoms in total. The van der Waals surface area contributed by atoms with Gasteiger partial charge in [-0.1, -0.05) is 114 Å². The zero-order valence-electron chi connectivity index (χ0n) is 78.8. The number of aromatic nitrogens is 6. The molecule has 5 aliphatic rings. The van der Waals surface area contributed by atoms with Crippen LogP contribution >= 0.6 is 34.2 Å². The topological polar surface area (TPSA) is 362 Å². The van der Waals surface area contributed by atoms with Gasteiger partial charge < -0.3 is 83.4 Å². The molecular formula is C93H132ClIN18O14. The van der Waals surface area contributed by atoms with Crippen LogP contribution in [0.3, 0.4) is 0 Å². The molecule has 12 rings (SSSR count). The number of aryl methyl sites for hydroxylation is 4. The fourth-order valence-electron chi connectivity index (χ4n) is 13.3. The molecule has 127 heavy (non-hydrogen) atoms. The number of halogens is 2. The van der Waals surface area contributed by atoms with Crippen molar-refractivity contribution in [3.8, 4) is 35.1 Å². The Bertz CT molecular complexity index is 4730. The number of hydrogen-bond donors (Lipinski definition) is 3. The number of amides is 7. The quantitative estimate of drug-likeness (QED) is 0.0722. The standard InChI is InChI=1S/C20H23N5O2.C20H30N2O4.C15H22N2O2.C13H20N4O3.C10H14O.C9H18N2O2.C5H2ClN3.CH3I/c1-14(2)18-6-5-17(12-15(18)3)27-20(26)25-10-8-24(9-11-25)19-7-4-16(13-21)22-23-19;1-14(2)17-8-7-16(13-15(17)3)25-18(23)21-9-11-22(12-10-21)19(24)26-20(4,5)6;1-11(2)14-5-4-13(10-12(14)3)19-15(18)17-8-6-16-7-9-17;1-13(2,3)20-12(19)16-8-6-15(7-9-16)11(18)17-5-4-14-10-17;1-7(2)10-5-4-9(11)6-8(10)3;1-9(2,3)13-8(12)11-6-4-10-5-7-11;6-5-2-1-4(3-7)8-9-5;1-2/h4-7,12,14H,8-11H2,1-3H3;7-8,13-14H,9-12H2,1-6H3;4-5,10-11,16H,6-9H2,1-3H3;4-5,10H,6-9H2,1-3H3;4-7,11H,1-3H3;10H,4-7H2,1-3H3;1-2H;1H3/i;;;;;;;1D. The third-order valence-electron chi connectivity index (χ3n) is 19.7. The molecule has 7 amide bonds. The van der Waals surface area contributed by atoms with Gasteiger partial charge in [-0.25, -0.2) is 38.5 Å². The number of phenols is 1. The molecule has 8 heterocycles. The number of alkyl halides is 1. The summed E-state index contributed by atoms with van der Waals surface area (Å²) < 4.78 is 40.0. The summed E-state index contributed by atoms with van der Waals surface area (Å²) in [6, 6.07) is 33.0. The molecule has 5 fully saturated rings. The van der Waals surface area contributed by atoms with Crippen LogP contribution in [0.4, 0.5) is 39.4 Å². The van der Waals surface area contributed by atoms with Crippen LogP contribution in [0.5, 0.6) is 23.0 Å². The Morgan fingerprint density at radius 2 is 0.740 bits per heavy atom. The highest BCUT2D eigenvalue weighted by Gasteiger charge is 2.32. The Hall–Kier alpha value is -11.1. The van der Waals surface area contributed by atoms with E-state index >= 15 is 0 Å². The van der Waals surface area contributed by atoms with Crippen molar-refractivity contribution in [2.75, 3.05) is 141 Å². The number of nitrogens with one attached hydrogen (secondary N) is 2. The maximum absolute atomic E-state index is 12.4. The first-order valence-corrected chi connectivity index (χ1v) is 44.6. The van der Waals surface area contributed by atoms with Crippen LogP contribution in [0, 0.1) is 50.4 Å². The number of nitrogens with zero attached hydrogens (tertiary/aromatic N) is 16. The number of piperazine rings is 5. The first kappa shape index (κ1) is 105. The first-order chi connectivity index (χ1) is 60.3. The van der Waals surface area contributed by atoms with Gasteiger partial charge in [0.1, 0.15) is 58.3 Å². The van der Waals surface area contributed by atoms with E-state index in [9.17, 15) is 33.6 Å². The second-order valence-electron chi connectivity index (χ2n) is 34.7. The van der Waals surface area contributed by atoms with Gasteiger partial charge in [0.2, 0.25) is 0 Å². The van der Waals surface area contributed by atoms with E-state index in [0.29, 0.717) is 160 Å². The summed E-state index contributed by atoms with van der Waals surface area (Å²) in [6.45, 7) is 54.4. The largest absolute Gasteiger partial charge is 0.508 e. The van der Waals surface area contributed by atoms with Crippen LogP contribution < -0.4 is 29.7 Å². The smallest absolute Gasteiger partial charge is 0.415 e. The summed E-state index contributed by atoms with van der Waals surface area (Å²) in [4.78, 5) is 102. The van der Waals surface area contributed by atoms with Crippen molar-refractivity contribution in [1.29, 1.82) is 10.5 Å². The van der Waals surface area contributed by atoms with Crippen molar-refractivity contribution in [3.63, 3.8) is 0 Å². The van der Waals surface area contributed by atoms with Gasteiger partial charge in [0.15, 0.2) is 22.4 Å². The zero-order chi connectivity index (χ0) is 95.2. The lowest BCUT2D eigenvalue weighted by Gasteiger charge is -2.35. The number of carbonyl (C=O) groups excluding carboxylic acids is 7. The van der Waals surface area contributed by atoms with Crippen LogP contribution in [0.1, 0.15) is 199 Å². The molecule has 7 aromatic rings. The molecule has 0 bridgehead atoms. The minimum atomic E-state index is -0.521. The number of imidazole rings is 1. The predicted molar refractivity (Wildman–Crippen MR) is 500 cm³/mol. The Morgan fingerprint density at radius 1 is 0.433 bits per heavy atom. The van der Waals surface area contributed by atoms with Crippen molar-refractivity contribution in [1.82, 2.24) is 74.9 Å². The highest BCUT2D eigenvalue weighted by molar-refractivity contribution is 14.1. The Kier molecular flexibility index (Phi) is 43.0. The fourth-order valence-corrected chi connectivity index (χ4v) is 13.4. The molecule has 5 aliphatic heterocycles.